The van der Waals surface area contributed by atoms with Gasteiger partial charge in [-0.1, -0.05) is 6.07 Å². The molecule has 0 spiro atoms. The molecule has 1 saturated heterocycles. The van der Waals surface area contributed by atoms with Crippen LogP contribution in [0.2, 0.25) is 0 Å². The molecule has 3 rings (SSSR count). The molecule has 0 aliphatic carbocycles. The molecule has 1 aliphatic rings. The summed E-state index contributed by atoms with van der Waals surface area (Å²) in [5.74, 6) is -1.82. The van der Waals surface area contributed by atoms with Gasteiger partial charge in [-0.3, -0.25) is 9.59 Å². The Balaban J connectivity index is 1.77. The number of nitrogens with one attached hydrogen (secondary N) is 2. The Labute approximate surface area is 201 Å². The number of halogens is 3. The number of methoxy groups -OCH3 is 1. The summed E-state index contributed by atoms with van der Waals surface area (Å²) in [5.41, 5.74) is -0.746. The van der Waals surface area contributed by atoms with Gasteiger partial charge in [0.1, 0.15) is 0 Å². The Morgan fingerprint density at radius 3 is 2.51 bits per heavy atom. The van der Waals surface area contributed by atoms with Crippen LogP contribution in [0.1, 0.15) is 58.5 Å². The lowest BCUT2D eigenvalue weighted by atomic mass is 9.88. The number of amides is 2. The molecule has 1 aliphatic heterocycles. The highest BCUT2D eigenvalue weighted by atomic mass is 19.4. The smallest absolute Gasteiger partial charge is 0.416 e. The molecule has 0 saturated carbocycles. The molecule has 35 heavy (non-hydrogen) atoms. The number of anilines is 1. The van der Waals surface area contributed by atoms with Crippen LogP contribution >= 0.6 is 0 Å². The van der Waals surface area contributed by atoms with Crippen molar-refractivity contribution in [3.8, 4) is 0 Å². The van der Waals surface area contributed by atoms with E-state index in [-0.39, 0.29) is 35.2 Å². The van der Waals surface area contributed by atoms with E-state index in [0.29, 0.717) is 25.0 Å². The van der Waals surface area contributed by atoms with Gasteiger partial charge in [0.25, 0.3) is 5.91 Å². The zero-order chi connectivity index (χ0) is 25.8. The van der Waals surface area contributed by atoms with Crippen molar-refractivity contribution in [2.24, 2.45) is 5.92 Å². The summed E-state index contributed by atoms with van der Waals surface area (Å²) >= 11 is 0. The molecule has 0 radical (unpaired) electrons. The van der Waals surface area contributed by atoms with Crippen molar-refractivity contribution < 1.29 is 37.0 Å². The molecule has 1 heterocycles. The molecule has 1 unspecified atom stereocenters. The highest BCUT2D eigenvalue weighted by Crippen LogP contribution is 2.30. The van der Waals surface area contributed by atoms with E-state index in [1.54, 1.807) is 0 Å². The van der Waals surface area contributed by atoms with Crippen LogP contribution in [-0.4, -0.2) is 37.1 Å². The maximum Gasteiger partial charge on any atom is 0.416 e. The van der Waals surface area contributed by atoms with Crippen LogP contribution in [0.4, 0.5) is 18.9 Å². The Morgan fingerprint density at radius 1 is 1.11 bits per heavy atom. The Bertz CT molecular complexity index is 1110. The summed E-state index contributed by atoms with van der Waals surface area (Å²) in [5, 5.41) is 5.36. The number of alkyl halides is 3. The summed E-state index contributed by atoms with van der Waals surface area (Å²) in [7, 11) is 1.20. The second-order valence-electron chi connectivity index (χ2n) is 8.96. The fraction of sp³-hybridized carbons (Fsp3) is 0.400. The van der Waals surface area contributed by atoms with Crippen molar-refractivity contribution in [1.29, 1.82) is 0 Å². The number of hydrogen-bond acceptors (Lipinski definition) is 5. The fourth-order valence-electron chi connectivity index (χ4n) is 3.93. The number of carbonyl (C=O) groups excluding carboxylic acids is 3. The van der Waals surface area contributed by atoms with Crippen LogP contribution in [0.25, 0.3) is 0 Å². The molecule has 2 aromatic carbocycles. The third-order valence-corrected chi connectivity index (χ3v) is 5.66. The largest absolute Gasteiger partial charge is 0.465 e. The molecule has 0 bridgehead atoms. The number of benzene rings is 2. The van der Waals surface area contributed by atoms with Crippen LogP contribution in [0.15, 0.2) is 42.5 Å². The number of esters is 1. The maximum atomic E-state index is 13.0. The van der Waals surface area contributed by atoms with E-state index in [1.165, 1.54) is 31.4 Å². The zero-order valence-corrected chi connectivity index (χ0v) is 19.6. The summed E-state index contributed by atoms with van der Waals surface area (Å²) < 4.78 is 49.4. The Hall–Kier alpha value is -3.40. The molecule has 2 aromatic rings. The first-order valence-electron chi connectivity index (χ1n) is 11.0. The van der Waals surface area contributed by atoms with Crippen LogP contribution < -0.4 is 10.6 Å². The number of rotatable bonds is 6. The number of ether oxygens (including phenoxy) is 2. The minimum atomic E-state index is -4.59. The monoisotopic (exact) mass is 492 g/mol. The van der Waals surface area contributed by atoms with Gasteiger partial charge in [0.15, 0.2) is 0 Å². The average Bonchev–Trinajstić information content (AvgIpc) is 2.80. The van der Waals surface area contributed by atoms with E-state index in [1.807, 2.05) is 13.8 Å². The highest BCUT2D eigenvalue weighted by Gasteiger charge is 2.33. The summed E-state index contributed by atoms with van der Waals surface area (Å²) in [6.45, 7) is 4.40. The lowest BCUT2D eigenvalue weighted by molar-refractivity contribution is -0.137. The fourth-order valence-corrected chi connectivity index (χ4v) is 3.93. The number of carbonyl (C=O) groups is 3. The third kappa shape index (κ3) is 7.05. The standard InChI is InChI=1S/C25H27F3N2O5/c1-24(2)13-17(7-8-35-24)21(31)29-14-15-9-18(23(33)34-3)12-20(10-15)30-22(32)16-5-4-6-19(11-16)25(26,27)28/h4-6,9-12,17H,7-8,13-14H2,1-3H3,(H,29,31)(H,30,32). The molecule has 188 valence electrons. The summed E-state index contributed by atoms with van der Waals surface area (Å²) in [6, 6.07) is 8.41. The molecule has 2 amide bonds. The van der Waals surface area contributed by atoms with E-state index in [0.717, 1.165) is 18.2 Å². The van der Waals surface area contributed by atoms with E-state index < -0.39 is 29.2 Å². The zero-order valence-electron chi connectivity index (χ0n) is 19.6. The van der Waals surface area contributed by atoms with Crippen LogP contribution in [0, 0.1) is 5.92 Å². The van der Waals surface area contributed by atoms with Crippen LogP contribution in [0.3, 0.4) is 0 Å². The first-order valence-corrected chi connectivity index (χ1v) is 11.0. The van der Waals surface area contributed by atoms with Gasteiger partial charge in [-0.25, -0.2) is 4.79 Å². The van der Waals surface area contributed by atoms with Gasteiger partial charge in [0, 0.05) is 30.3 Å². The Morgan fingerprint density at radius 2 is 1.86 bits per heavy atom. The maximum absolute atomic E-state index is 13.0. The first-order chi connectivity index (χ1) is 16.4. The topological polar surface area (TPSA) is 93.7 Å². The second-order valence-corrected chi connectivity index (χ2v) is 8.96. The third-order valence-electron chi connectivity index (χ3n) is 5.66. The van der Waals surface area contributed by atoms with Crippen molar-refractivity contribution in [3.05, 3.63) is 64.7 Å². The molecule has 10 heteroatoms. The van der Waals surface area contributed by atoms with Crippen molar-refractivity contribution in [3.63, 3.8) is 0 Å². The van der Waals surface area contributed by atoms with Crippen LogP contribution in [-0.2, 0) is 27.0 Å². The van der Waals surface area contributed by atoms with Crippen molar-refractivity contribution in [2.45, 2.75) is 45.0 Å². The second kappa shape index (κ2) is 10.5. The normalized spacial score (nSPS) is 17.4. The molecular formula is C25H27F3N2O5. The van der Waals surface area contributed by atoms with Crippen LogP contribution in [0.5, 0.6) is 0 Å². The molecule has 1 atom stereocenters. The SMILES string of the molecule is COC(=O)c1cc(CNC(=O)C2CCOC(C)(C)C2)cc(NC(=O)c2cccc(C(F)(F)F)c2)c1. The van der Waals surface area contributed by atoms with Gasteiger partial charge >= 0.3 is 12.1 Å². The lowest BCUT2D eigenvalue weighted by Gasteiger charge is -2.34. The predicted octanol–water partition coefficient (Wildman–Crippen LogP) is 4.57. The van der Waals surface area contributed by atoms with Gasteiger partial charge < -0.3 is 20.1 Å². The van der Waals surface area contributed by atoms with Crippen molar-refractivity contribution in [2.75, 3.05) is 19.0 Å². The van der Waals surface area contributed by atoms with E-state index in [9.17, 15) is 27.6 Å². The van der Waals surface area contributed by atoms with E-state index in [2.05, 4.69) is 10.6 Å². The number of hydrogen-bond donors (Lipinski definition) is 2. The van der Waals surface area contributed by atoms with Gasteiger partial charge in [-0.05, 0) is 68.7 Å². The molecule has 0 aromatic heterocycles. The van der Waals surface area contributed by atoms with Crippen molar-refractivity contribution in [1.82, 2.24) is 5.32 Å². The lowest BCUT2D eigenvalue weighted by Crippen LogP contribution is -2.41. The van der Waals surface area contributed by atoms with Gasteiger partial charge in [0.05, 0.1) is 23.8 Å². The van der Waals surface area contributed by atoms with Crippen molar-refractivity contribution >= 4 is 23.5 Å². The molecular weight excluding hydrogens is 465 g/mol. The van der Waals surface area contributed by atoms with Gasteiger partial charge in [-0.15, -0.1) is 0 Å². The summed E-state index contributed by atoms with van der Waals surface area (Å²) in [6.07, 6.45) is -3.43. The average molecular weight is 492 g/mol. The predicted molar refractivity (Wildman–Crippen MR) is 122 cm³/mol. The van der Waals surface area contributed by atoms with E-state index in [4.69, 9.17) is 9.47 Å². The minimum absolute atomic E-state index is 0.0773. The van der Waals surface area contributed by atoms with Gasteiger partial charge in [0.2, 0.25) is 5.91 Å². The quantitative estimate of drug-likeness (QED) is 0.577. The van der Waals surface area contributed by atoms with Gasteiger partial charge in [-0.2, -0.15) is 13.2 Å². The molecule has 7 nitrogen and oxygen atoms in total. The highest BCUT2D eigenvalue weighted by molar-refractivity contribution is 6.05. The Kier molecular flexibility index (Phi) is 7.84. The molecule has 1 fully saturated rings. The first kappa shape index (κ1) is 26.2. The van der Waals surface area contributed by atoms with E-state index >= 15 is 0 Å². The summed E-state index contributed by atoms with van der Waals surface area (Å²) in [4.78, 5) is 37.4. The minimum Gasteiger partial charge on any atom is -0.465 e. The molecule has 2 N–H and O–H groups in total.